The largest absolute Gasteiger partial charge is 0.390 e. The molecule has 1 aliphatic heterocycles. The Hall–Kier alpha value is -0.610. The van der Waals surface area contributed by atoms with Crippen LogP contribution in [0, 0.1) is 0 Å². The van der Waals surface area contributed by atoms with Gasteiger partial charge in [0.25, 0.3) is 0 Å². The molecule has 0 aliphatic carbocycles. The van der Waals surface area contributed by atoms with E-state index in [0.29, 0.717) is 13.0 Å². The zero-order chi connectivity index (χ0) is 9.90. The van der Waals surface area contributed by atoms with Gasteiger partial charge in [-0.3, -0.25) is 4.79 Å². The quantitative estimate of drug-likeness (QED) is 0.591. The molecular weight excluding hydrogens is 168 g/mol. The molecule has 76 valence electrons. The lowest BCUT2D eigenvalue weighted by molar-refractivity contribution is -0.129. The molecule has 4 nitrogen and oxygen atoms in total. The highest BCUT2D eigenvalue weighted by atomic mass is 16.3. The molecule has 0 spiro atoms. The molecule has 0 radical (unpaired) electrons. The van der Waals surface area contributed by atoms with E-state index in [1.165, 1.54) is 0 Å². The van der Waals surface area contributed by atoms with Gasteiger partial charge in [-0.25, -0.2) is 0 Å². The highest BCUT2D eigenvalue weighted by Gasteiger charge is 2.26. The number of carbonyl (C=O) groups is 1. The molecule has 1 aliphatic rings. The number of rotatable bonds is 1. The van der Waals surface area contributed by atoms with Crippen molar-refractivity contribution in [2.75, 3.05) is 19.6 Å². The average molecular weight is 186 g/mol. The lowest BCUT2D eigenvalue weighted by Crippen LogP contribution is -2.37. The van der Waals surface area contributed by atoms with Gasteiger partial charge in [-0.2, -0.15) is 0 Å². The number of amides is 1. The van der Waals surface area contributed by atoms with Gasteiger partial charge in [0.1, 0.15) is 0 Å². The number of carbonyl (C=O) groups excluding carboxylic acids is 1. The summed E-state index contributed by atoms with van der Waals surface area (Å²) in [7, 11) is 0. The number of hydrogen-bond donors (Lipinski definition) is 2. The van der Waals surface area contributed by atoms with Gasteiger partial charge in [-0.15, -0.1) is 0 Å². The zero-order valence-electron chi connectivity index (χ0n) is 8.12. The molecule has 1 fully saturated rings. The Kier molecular flexibility index (Phi) is 3.27. The smallest absolute Gasteiger partial charge is 0.236 e. The van der Waals surface area contributed by atoms with Crippen LogP contribution in [0.1, 0.15) is 26.2 Å². The highest BCUT2D eigenvalue weighted by molar-refractivity contribution is 5.78. The van der Waals surface area contributed by atoms with Crippen LogP contribution < -0.4 is 5.73 Å². The Morgan fingerprint density at radius 2 is 2.23 bits per heavy atom. The third-order valence-electron chi connectivity index (χ3n) is 2.59. The van der Waals surface area contributed by atoms with Crippen LogP contribution in [0.2, 0.25) is 0 Å². The molecule has 0 saturated carbocycles. The third kappa shape index (κ3) is 2.97. The van der Waals surface area contributed by atoms with E-state index in [0.717, 1.165) is 19.4 Å². The summed E-state index contributed by atoms with van der Waals surface area (Å²) in [6, 6.07) is 0. The number of aliphatic hydroxyl groups is 1. The monoisotopic (exact) mass is 186 g/mol. The normalized spacial score (nSPS) is 29.9. The summed E-state index contributed by atoms with van der Waals surface area (Å²) in [5.41, 5.74) is 4.66. The van der Waals surface area contributed by atoms with Gasteiger partial charge < -0.3 is 15.7 Å². The van der Waals surface area contributed by atoms with Gasteiger partial charge in [0.15, 0.2) is 0 Å². The van der Waals surface area contributed by atoms with Crippen LogP contribution in [-0.4, -0.2) is 41.1 Å². The lowest BCUT2D eigenvalue weighted by atomic mass is 9.98. The van der Waals surface area contributed by atoms with E-state index < -0.39 is 5.60 Å². The second-order valence-corrected chi connectivity index (χ2v) is 3.94. The van der Waals surface area contributed by atoms with Crippen LogP contribution in [0.3, 0.4) is 0 Å². The van der Waals surface area contributed by atoms with Crippen LogP contribution in [-0.2, 0) is 4.79 Å². The van der Waals surface area contributed by atoms with Crippen molar-refractivity contribution in [2.24, 2.45) is 5.73 Å². The summed E-state index contributed by atoms with van der Waals surface area (Å²) in [5, 5.41) is 9.76. The van der Waals surface area contributed by atoms with Crippen LogP contribution in [0.5, 0.6) is 0 Å². The van der Waals surface area contributed by atoms with Crippen LogP contribution in [0.4, 0.5) is 0 Å². The number of likely N-dealkylation sites (tertiary alicyclic amines) is 1. The van der Waals surface area contributed by atoms with Gasteiger partial charge in [0.2, 0.25) is 5.91 Å². The molecule has 1 unspecified atom stereocenters. The molecule has 0 aromatic carbocycles. The topological polar surface area (TPSA) is 66.6 Å². The summed E-state index contributed by atoms with van der Waals surface area (Å²) >= 11 is 0. The summed E-state index contributed by atoms with van der Waals surface area (Å²) < 4.78 is 0. The van der Waals surface area contributed by atoms with Crippen molar-refractivity contribution in [2.45, 2.75) is 31.8 Å². The molecule has 1 heterocycles. The van der Waals surface area contributed by atoms with Crippen molar-refractivity contribution < 1.29 is 9.90 Å². The molecule has 1 saturated heterocycles. The van der Waals surface area contributed by atoms with E-state index in [1.807, 2.05) is 6.92 Å². The Labute approximate surface area is 78.7 Å². The van der Waals surface area contributed by atoms with Gasteiger partial charge in [0.05, 0.1) is 12.1 Å². The first-order valence-corrected chi connectivity index (χ1v) is 4.75. The van der Waals surface area contributed by atoms with E-state index >= 15 is 0 Å². The molecule has 1 amide bonds. The van der Waals surface area contributed by atoms with Gasteiger partial charge in [-0.1, -0.05) is 0 Å². The first kappa shape index (κ1) is 10.5. The van der Waals surface area contributed by atoms with Crippen LogP contribution in [0.15, 0.2) is 0 Å². The Bertz CT molecular complexity index is 192. The van der Waals surface area contributed by atoms with Crippen molar-refractivity contribution >= 4 is 5.91 Å². The van der Waals surface area contributed by atoms with Crippen LogP contribution >= 0.6 is 0 Å². The fraction of sp³-hybridized carbons (Fsp3) is 0.889. The number of nitrogens with zero attached hydrogens (tertiary/aromatic N) is 1. The maximum atomic E-state index is 11.2. The Morgan fingerprint density at radius 1 is 1.54 bits per heavy atom. The van der Waals surface area contributed by atoms with Crippen molar-refractivity contribution in [3.05, 3.63) is 0 Å². The third-order valence-corrected chi connectivity index (χ3v) is 2.59. The van der Waals surface area contributed by atoms with E-state index in [4.69, 9.17) is 5.73 Å². The SMILES string of the molecule is CC1(O)CCCN(C(=O)CN)CC1. The Morgan fingerprint density at radius 3 is 2.85 bits per heavy atom. The molecule has 1 rings (SSSR count). The molecule has 13 heavy (non-hydrogen) atoms. The van der Waals surface area contributed by atoms with E-state index in [1.54, 1.807) is 4.90 Å². The fourth-order valence-electron chi connectivity index (χ4n) is 1.64. The minimum Gasteiger partial charge on any atom is -0.390 e. The molecule has 3 N–H and O–H groups in total. The van der Waals surface area contributed by atoms with Gasteiger partial charge in [0, 0.05) is 13.1 Å². The summed E-state index contributed by atoms with van der Waals surface area (Å²) in [6.45, 7) is 3.25. The van der Waals surface area contributed by atoms with Crippen molar-refractivity contribution in [1.29, 1.82) is 0 Å². The number of hydrogen-bond acceptors (Lipinski definition) is 3. The second kappa shape index (κ2) is 4.07. The highest BCUT2D eigenvalue weighted by Crippen LogP contribution is 2.21. The van der Waals surface area contributed by atoms with Crippen molar-refractivity contribution in [3.8, 4) is 0 Å². The first-order chi connectivity index (χ1) is 6.05. The molecule has 1 atom stereocenters. The molecule has 0 aromatic rings. The lowest BCUT2D eigenvalue weighted by Gasteiger charge is -2.22. The van der Waals surface area contributed by atoms with Crippen molar-refractivity contribution in [3.63, 3.8) is 0 Å². The minimum absolute atomic E-state index is 0.0160. The Balaban J connectivity index is 2.49. The first-order valence-electron chi connectivity index (χ1n) is 4.75. The maximum Gasteiger partial charge on any atom is 0.236 e. The predicted molar refractivity (Wildman–Crippen MR) is 50.1 cm³/mol. The molecule has 4 heteroatoms. The van der Waals surface area contributed by atoms with E-state index in [9.17, 15) is 9.90 Å². The van der Waals surface area contributed by atoms with Gasteiger partial charge in [-0.05, 0) is 26.2 Å². The van der Waals surface area contributed by atoms with Gasteiger partial charge >= 0.3 is 0 Å². The zero-order valence-corrected chi connectivity index (χ0v) is 8.12. The van der Waals surface area contributed by atoms with E-state index in [2.05, 4.69) is 0 Å². The summed E-state index contributed by atoms with van der Waals surface area (Å²) in [6.07, 6.45) is 2.28. The van der Waals surface area contributed by atoms with Crippen LogP contribution in [0.25, 0.3) is 0 Å². The molecule has 0 bridgehead atoms. The predicted octanol–water partition coefficient (Wildman–Crippen LogP) is -0.291. The van der Waals surface area contributed by atoms with E-state index in [-0.39, 0.29) is 12.5 Å². The second-order valence-electron chi connectivity index (χ2n) is 3.94. The van der Waals surface area contributed by atoms with Crippen molar-refractivity contribution in [1.82, 2.24) is 4.90 Å². The molecule has 0 aromatic heterocycles. The average Bonchev–Trinajstić information content (AvgIpc) is 2.25. The summed E-state index contributed by atoms with van der Waals surface area (Å²) in [4.78, 5) is 13.0. The number of nitrogens with two attached hydrogens (primary N) is 1. The maximum absolute atomic E-state index is 11.2. The summed E-state index contributed by atoms with van der Waals surface area (Å²) in [5.74, 6) is -0.0160. The fourth-order valence-corrected chi connectivity index (χ4v) is 1.64. The minimum atomic E-state index is -0.608. The molecular formula is C9H18N2O2. The standard InChI is InChI=1S/C9H18N2O2/c1-9(13)3-2-5-11(6-4-9)8(12)7-10/h13H,2-7,10H2,1H3.